The summed E-state index contributed by atoms with van der Waals surface area (Å²) in [7, 11) is 3.14. The zero-order valence-electron chi connectivity index (χ0n) is 8.95. The van der Waals surface area contributed by atoms with E-state index in [0.717, 1.165) is 11.3 Å². The SMILES string of the molecule is COc1cc2c(cc1OC)NC(N)(Cl)N=C2. The summed E-state index contributed by atoms with van der Waals surface area (Å²) in [6, 6.07) is 3.57. The maximum Gasteiger partial charge on any atom is 0.262 e. The van der Waals surface area contributed by atoms with Crippen LogP contribution in [-0.4, -0.2) is 25.7 Å². The molecular weight excluding hydrogens is 230 g/mol. The highest BCUT2D eigenvalue weighted by Gasteiger charge is 2.25. The minimum Gasteiger partial charge on any atom is -0.493 e. The standard InChI is InChI=1S/C10H12ClN3O2/c1-15-8-3-6-5-13-10(11,12)14-7(6)4-9(8)16-2/h3-5,14H,12H2,1-2H3. The van der Waals surface area contributed by atoms with Crippen molar-refractivity contribution in [2.24, 2.45) is 10.7 Å². The summed E-state index contributed by atoms with van der Waals surface area (Å²) in [5.74, 6) is 1.24. The monoisotopic (exact) mass is 241 g/mol. The number of benzene rings is 1. The summed E-state index contributed by atoms with van der Waals surface area (Å²) in [5, 5.41) is 1.57. The van der Waals surface area contributed by atoms with Crippen LogP contribution in [0.1, 0.15) is 5.56 Å². The molecule has 0 saturated heterocycles. The lowest BCUT2D eigenvalue weighted by atomic mass is 10.1. The first-order chi connectivity index (χ1) is 7.55. The quantitative estimate of drug-likeness (QED) is 0.606. The topological polar surface area (TPSA) is 68.9 Å². The average molecular weight is 242 g/mol. The van der Waals surface area contributed by atoms with Gasteiger partial charge in [0.1, 0.15) is 0 Å². The average Bonchev–Trinajstić information content (AvgIpc) is 2.26. The van der Waals surface area contributed by atoms with Crippen molar-refractivity contribution >= 4 is 23.5 Å². The molecule has 2 rings (SSSR count). The van der Waals surface area contributed by atoms with Gasteiger partial charge in [-0.15, -0.1) is 0 Å². The highest BCUT2D eigenvalue weighted by Crippen LogP contribution is 2.35. The van der Waals surface area contributed by atoms with Crippen LogP contribution in [0.25, 0.3) is 0 Å². The number of nitrogens with one attached hydrogen (secondary N) is 1. The molecule has 0 radical (unpaired) electrons. The van der Waals surface area contributed by atoms with Gasteiger partial charge in [0.25, 0.3) is 5.25 Å². The minimum atomic E-state index is -1.30. The molecule has 1 aromatic carbocycles. The highest BCUT2D eigenvalue weighted by molar-refractivity contribution is 6.25. The molecule has 0 amide bonds. The number of methoxy groups -OCH3 is 2. The summed E-state index contributed by atoms with van der Waals surface area (Å²) in [4.78, 5) is 3.94. The van der Waals surface area contributed by atoms with E-state index in [1.54, 1.807) is 32.6 Å². The van der Waals surface area contributed by atoms with Gasteiger partial charge in [0.15, 0.2) is 11.5 Å². The molecule has 0 bridgehead atoms. The van der Waals surface area contributed by atoms with E-state index in [1.807, 2.05) is 0 Å². The Morgan fingerprint density at radius 1 is 1.31 bits per heavy atom. The summed E-state index contributed by atoms with van der Waals surface area (Å²) in [6.45, 7) is 0. The van der Waals surface area contributed by atoms with E-state index in [0.29, 0.717) is 11.5 Å². The first kappa shape index (κ1) is 11.0. The molecule has 0 aromatic heterocycles. The van der Waals surface area contributed by atoms with Crippen molar-refractivity contribution in [3.05, 3.63) is 17.7 Å². The first-order valence-electron chi connectivity index (χ1n) is 4.63. The fraction of sp³-hybridized carbons (Fsp3) is 0.300. The van der Waals surface area contributed by atoms with Gasteiger partial charge < -0.3 is 14.8 Å². The Kier molecular flexibility index (Phi) is 2.65. The van der Waals surface area contributed by atoms with Gasteiger partial charge in [0.05, 0.1) is 19.9 Å². The number of alkyl halides is 1. The molecule has 0 aliphatic carbocycles. The van der Waals surface area contributed by atoms with Gasteiger partial charge in [0.2, 0.25) is 0 Å². The molecule has 1 aliphatic heterocycles. The number of nitrogens with zero attached hydrogens (tertiary/aromatic N) is 1. The van der Waals surface area contributed by atoms with Crippen molar-refractivity contribution in [3.8, 4) is 11.5 Å². The van der Waals surface area contributed by atoms with Crippen LogP contribution in [0.4, 0.5) is 5.69 Å². The molecule has 0 saturated carbocycles. The molecule has 0 spiro atoms. The number of anilines is 1. The van der Waals surface area contributed by atoms with Gasteiger partial charge >= 0.3 is 0 Å². The van der Waals surface area contributed by atoms with Crippen LogP contribution >= 0.6 is 11.6 Å². The zero-order valence-corrected chi connectivity index (χ0v) is 9.71. The van der Waals surface area contributed by atoms with Crippen molar-refractivity contribution in [2.45, 2.75) is 5.25 Å². The number of rotatable bonds is 2. The first-order valence-corrected chi connectivity index (χ1v) is 5.01. The van der Waals surface area contributed by atoms with Crippen molar-refractivity contribution in [1.82, 2.24) is 0 Å². The van der Waals surface area contributed by atoms with E-state index in [2.05, 4.69) is 10.3 Å². The molecule has 1 unspecified atom stereocenters. The van der Waals surface area contributed by atoms with Crippen LogP contribution in [0.3, 0.4) is 0 Å². The van der Waals surface area contributed by atoms with Crippen LogP contribution < -0.4 is 20.5 Å². The van der Waals surface area contributed by atoms with Gasteiger partial charge in [-0.1, -0.05) is 11.6 Å². The molecule has 16 heavy (non-hydrogen) atoms. The fourth-order valence-corrected chi connectivity index (χ4v) is 1.65. The molecule has 1 aliphatic rings. The predicted octanol–water partition coefficient (Wildman–Crippen LogP) is 1.36. The maximum absolute atomic E-state index is 5.87. The Morgan fingerprint density at radius 3 is 2.56 bits per heavy atom. The molecule has 0 fully saturated rings. The second-order valence-corrected chi connectivity index (χ2v) is 3.93. The Bertz CT molecular complexity index is 446. The fourth-order valence-electron chi connectivity index (χ4n) is 1.49. The highest BCUT2D eigenvalue weighted by atomic mass is 35.5. The Hall–Kier alpha value is -1.46. The van der Waals surface area contributed by atoms with Crippen LogP contribution in [0, 0.1) is 0 Å². The lowest BCUT2D eigenvalue weighted by molar-refractivity contribution is 0.355. The van der Waals surface area contributed by atoms with Crippen molar-refractivity contribution in [2.75, 3.05) is 19.5 Å². The van der Waals surface area contributed by atoms with Crippen LogP contribution in [-0.2, 0) is 0 Å². The molecule has 86 valence electrons. The van der Waals surface area contributed by atoms with Gasteiger partial charge in [-0.2, -0.15) is 0 Å². The van der Waals surface area contributed by atoms with E-state index in [-0.39, 0.29) is 0 Å². The number of hydrogen-bond donors (Lipinski definition) is 2. The van der Waals surface area contributed by atoms with Gasteiger partial charge in [-0.25, -0.2) is 4.99 Å². The van der Waals surface area contributed by atoms with Crippen molar-refractivity contribution in [1.29, 1.82) is 0 Å². The summed E-state index contributed by atoms with van der Waals surface area (Å²) >= 11 is 5.87. The van der Waals surface area contributed by atoms with Crippen LogP contribution in [0.5, 0.6) is 11.5 Å². The van der Waals surface area contributed by atoms with Crippen LogP contribution in [0.2, 0.25) is 0 Å². The normalized spacial score (nSPS) is 22.2. The number of hydrogen-bond acceptors (Lipinski definition) is 5. The van der Waals surface area contributed by atoms with Crippen molar-refractivity contribution < 1.29 is 9.47 Å². The summed E-state index contributed by atoms with van der Waals surface area (Å²) in [6.07, 6.45) is 1.60. The second-order valence-electron chi connectivity index (χ2n) is 3.35. The van der Waals surface area contributed by atoms with Crippen molar-refractivity contribution in [3.63, 3.8) is 0 Å². The van der Waals surface area contributed by atoms with E-state index in [1.165, 1.54) is 0 Å². The number of fused-ring (bicyclic) bond motifs is 1. The molecule has 6 heteroatoms. The molecule has 1 atom stereocenters. The van der Waals surface area contributed by atoms with E-state index < -0.39 is 5.25 Å². The molecule has 5 nitrogen and oxygen atoms in total. The third kappa shape index (κ3) is 1.91. The predicted molar refractivity (Wildman–Crippen MR) is 63.5 cm³/mol. The van der Waals surface area contributed by atoms with Crippen LogP contribution in [0.15, 0.2) is 17.1 Å². The minimum absolute atomic E-state index is 0.608. The largest absolute Gasteiger partial charge is 0.493 e. The lowest BCUT2D eigenvalue weighted by Crippen LogP contribution is -2.41. The maximum atomic E-state index is 5.87. The number of aliphatic imine (C=N–C) groups is 1. The number of ether oxygens (including phenoxy) is 2. The van der Waals surface area contributed by atoms with Gasteiger partial charge in [0, 0.05) is 17.8 Å². The summed E-state index contributed by atoms with van der Waals surface area (Å²) in [5.41, 5.74) is 7.24. The Balaban J connectivity index is 2.49. The molecule has 1 heterocycles. The van der Waals surface area contributed by atoms with Gasteiger partial charge in [-0.05, 0) is 6.07 Å². The van der Waals surface area contributed by atoms with E-state index in [9.17, 15) is 0 Å². The third-order valence-electron chi connectivity index (χ3n) is 2.26. The van der Waals surface area contributed by atoms with E-state index in [4.69, 9.17) is 26.8 Å². The molecular formula is C10H12ClN3O2. The number of halogens is 1. The number of nitrogens with two attached hydrogens (primary N) is 1. The lowest BCUT2D eigenvalue weighted by Gasteiger charge is -2.26. The third-order valence-corrected chi connectivity index (χ3v) is 2.45. The van der Waals surface area contributed by atoms with E-state index >= 15 is 0 Å². The smallest absolute Gasteiger partial charge is 0.262 e. The van der Waals surface area contributed by atoms with Gasteiger partial charge in [-0.3, -0.25) is 5.73 Å². The second kappa shape index (κ2) is 3.84. The Labute approximate surface area is 98.2 Å². The molecule has 1 aromatic rings. The summed E-state index contributed by atoms with van der Waals surface area (Å²) < 4.78 is 10.4. The zero-order chi connectivity index (χ0) is 11.8. The Morgan fingerprint density at radius 2 is 1.94 bits per heavy atom. The molecule has 3 N–H and O–H groups in total.